The number of aromatic nitrogens is 4. The maximum atomic E-state index is 12.1. The van der Waals surface area contributed by atoms with Crippen LogP contribution in [0.1, 0.15) is 90.8 Å². The second-order valence-corrected chi connectivity index (χ2v) is 8.61. The van der Waals surface area contributed by atoms with Crippen molar-refractivity contribution in [3.8, 4) is 0 Å². The molecule has 2 saturated carbocycles. The zero-order valence-corrected chi connectivity index (χ0v) is 16.9. The number of carbonyl (C=O) groups is 1. The molecule has 1 aliphatic heterocycles. The fraction of sp³-hybridized carbons (Fsp3) is 0.667. The van der Waals surface area contributed by atoms with E-state index in [9.17, 15) is 4.79 Å². The van der Waals surface area contributed by atoms with Crippen molar-refractivity contribution in [3.63, 3.8) is 0 Å². The summed E-state index contributed by atoms with van der Waals surface area (Å²) >= 11 is 0. The molecule has 150 valence electrons. The molecule has 0 radical (unpaired) electrons. The number of rotatable bonds is 6. The average Bonchev–Trinajstić information content (AvgIpc) is 3.64. The van der Waals surface area contributed by atoms with Crippen LogP contribution in [-0.4, -0.2) is 43.7 Å². The summed E-state index contributed by atoms with van der Waals surface area (Å²) in [5, 5.41) is 12.0. The highest BCUT2D eigenvalue weighted by atomic mass is 16.1. The minimum absolute atomic E-state index is 0.0290. The van der Waals surface area contributed by atoms with E-state index in [1.165, 1.54) is 50.0 Å². The summed E-state index contributed by atoms with van der Waals surface area (Å²) in [6.07, 6.45) is 8.63. The molecule has 7 nitrogen and oxygen atoms in total. The summed E-state index contributed by atoms with van der Waals surface area (Å²) in [7, 11) is 3.69. The van der Waals surface area contributed by atoms with Crippen LogP contribution >= 0.6 is 0 Å². The highest BCUT2D eigenvalue weighted by Gasteiger charge is 2.37. The summed E-state index contributed by atoms with van der Waals surface area (Å²) in [6.45, 7) is 1.92. The van der Waals surface area contributed by atoms with Gasteiger partial charge >= 0.3 is 0 Å². The molecule has 1 saturated heterocycles. The van der Waals surface area contributed by atoms with Gasteiger partial charge in [-0.05, 0) is 57.2 Å². The minimum atomic E-state index is -0.0290. The normalized spacial score (nSPS) is 23.1. The number of carbonyl (C=O) groups excluding carboxylic acids is 1. The Bertz CT molecular complexity index is 876. The van der Waals surface area contributed by atoms with Crippen molar-refractivity contribution in [2.45, 2.75) is 69.5 Å². The largest absolute Gasteiger partial charge is 0.354 e. The summed E-state index contributed by atoms with van der Waals surface area (Å²) in [5.41, 5.74) is 1.94. The Balaban J connectivity index is 1.42. The van der Waals surface area contributed by atoms with Crippen molar-refractivity contribution in [2.24, 2.45) is 7.05 Å². The van der Waals surface area contributed by atoms with E-state index in [2.05, 4.69) is 35.6 Å². The van der Waals surface area contributed by atoms with Crippen LogP contribution in [-0.2, 0) is 13.6 Å². The van der Waals surface area contributed by atoms with Crippen LogP contribution in [0.25, 0.3) is 0 Å². The van der Waals surface area contributed by atoms with Gasteiger partial charge in [0.15, 0.2) is 0 Å². The molecule has 0 aromatic carbocycles. The van der Waals surface area contributed by atoms with E-state index in [1.54, 1.807) is 7.05 Å². The van der Waals surface area contributed by atoms with Crippen molar-refractivity contribution in [3.05, 3.63) is 35.2 Å². The van der Waals surface area contributed by atoms with Gasteiger partial charge in [-0.15, -0.1) is 10.2 Å². The molecule has 2 aromatic heterocycles. The third kappa shape index (κ3) is 3.15. The fourth-order valence-corrected chi connectivity index (χ4v) is 4.71. The zero-order valence-electron chi connectivity index (χ0n) is 16.9. The number of hydrogen-bond acceptors (Lipinski definition) is 4. The molecule has 1 atom stereocenters. The molecule has 0 spiro atoms. The Morgan fingerprint density at radius 2 is 1.96 bits per heavy atom. The van der Waals surface area contributed by atoms with Crippen molar-refractivity contribution in [1.82, 2.24) is 29.5 Å². The van der Waals surface area contributed by atoms with E-state index < -0.39 is 0 Å². The fourth-order valence-electron chi connectivity index (χ4n) is 4.71. The first-order valence-corrected chi connectivity index (χ1v) is 10.7. The van der Waals surface area contributed by atoms with Crippen LogP contribution < -0.4 is 5.32 Å². The number of hydrogen-bond donors (Lipinski definition) is 1. The van der Waals surface area contributed by atoms with Gasteiger partial charge in [0.05, 0.1) is 12.6 Å². The second-order valence-electron chi connectivity index (χ2n) is 8.61. The molecule has 1 N–H and O–H groups in total. The van der Waals surface area contributed by atoms with Gasteiger partial charge in [0.2, 0.25) is 0 Å². The lowest BCUT2D eigenvalue weighted by Gasteiger charge is -2.36. The van der Waals surface area contributed by atoms with Gasteiger partial charge in [-0.2, -0.15) is 0 Å². The molecule has 3 aliphatic rings. The number of nitrogens with zero attached hydrogens (tertiary/aromatic N) is 5. The molecule has 1 amide bonds. The Kier molecular flexibility index (Phi) is 4.50. The molecule has 3 heterocycles. The molecule has 2 aromatic rings. The van der Waals surface area contributed by atoms with Crippen LogP contribution in [0.3, 0.4) is 0 Å². The van der Waals surface area contributed by atoms with E-state index in [1.807, 2.05) is 13.1 Å². The smallest absolute Gasteiger partial charge is 0.267 e. The molecule has 1 unspecified atom stereocenters. The molecule has 2 aliphatic carbocycles. The van der Waals surface area contributed by atoms with Gasteiger partial charge in [-0.3, -0.25) is 9.69 Å². The maximum Gasteiger partial charge on any atom is 0.267 e. The Morgan fingerprint density at radius 3 is 2.68 bits per heavy atom. The average molecular weight is 383 g/mol. The first-order valence-electron chi connectivity index (χ1n) is 10.7. The number of likely N-dealkylation sites (tertiary alicyclic amines) is 1. The topological polar surface area (TPSA) is 68.0 Å². The second kappa shape index (κ2) is 7.03. The first kappa shape index (κ1) is 17.9. The number of piperidine rings is 1. The predicted molar refractivity (Wildman–Crippen MR) is 106 cm³/mol. The molecular weight excluding hydrogens is 352 g/mol. The lowest BCUT2D eigenvalue weighted by atomic mass is 9.99. The Hall–Kier alpha value is -2.15. The monoisotopic (exact) mass is 382 g/mol. The summed E-state index contributed by atoms with van der Waals surface area (Å²) in [5.74, 6) is 2.98. The van der Waals surface area contributed by atoms with E-state index in [-0.39, 0.29) is 5.91 Å². The van der Waals surface area contributed by atoms with Gasteiger partial charge in [-0.1, -0.05) is 6.42 Å². The van der Waals surface area contributed by atoms with Gasteiger partial charge in [0.1, 0.15) is 17.3 Å². The van der Waals surface area contributed by atoms with Crippen molar-refractivity contribution >= 4 is 5.91 Å². The van der Waals surface area contributed by atoms with Gasteiger partial charge in [-0.25, -0.2) is 0 Å². The standard InChI is InChI=1S/C21H30N6O/c1-22-21(28)18-11-10-16(25(18)2)17-5-3-4-12-26(17)13-19-23-24-20(14-6-7-14)27(19)15-8-9-15/h10-11,14-15,17H,3-9,12-13H2,1-2H3,(H,22,28). The van der Waals surface area contributed by atoms with Crippen molar-refractivity contribution in [2.75, 3.05) is 13.6 Å². The lowest BCUT2D eigenvalue weighted by Crippen LogP contribution is -2.35. The SMILES string of the molecule is CNC(=O)c1ccc(C2CCCCN2Cc2nnc(C3CC3)n2C2CC2)n1C. The molecular formula is C21H30N6O. The Labute approximate surface area is 166 Å². The number of amides is 1. The molecule has 3 fully saturated rings. The van der Waals surface area contributed by atoms with E-state index >= 15 is 0 Å². The minimum Gasteiger partial charge on any atom is -0.354 e. The summed E-state index contributed by atoms with van der Waals surface area (Å²) in [6, 6.07) is 5.01. The highest BCUT2D eigenvalue weighted by molar-refractivity contribution is 5.92. The van der Waals surface area contributed by atoms with Gasteiger partial charge < -0.3 is 14.5 Å². The van der Waals surface area contributed by atoms with E-state index in [0.717, 1.165) is 31.0 Å². The van der Waals surface area contributed by atoms with Gasteiger partial charge in [0, 0.05) is 31.7 Å². The molecule has 7 heteroatoms. The number of nitrogens with one attached hydrogen (secondary N) is 1. The van der Waals surface area contributed by atoms with E-state index in [4.69, 9.17) is 0 Å². The van der Waals surface area contributed by atoms with Crippen LogP contribution in [0.4, 0.5) is 0 Å². The third-order valence-corrected chi connectivity index (χ3v) is 6.57. The van der Waals surface area contributed by atoms with Crippen LogP contribution in [0.2, 0.25) is 0 Å². The van der Waals surface area contributed by atoms with Crippen LogP contribution in [0.5, 0.6) is 0 Å². The lowest BCUT2D eigenvalue weighted by molar-refractivity contribution is 0.0951. The molecule has 0 bridgehead atoms. The summed E-state index contributed by atoms with van der Waals surface area (Å²) < 4.78 is 4.52. The Morgan fingerprint density at radius 1 is 1.14 bits per heavy atom. The van der Waals surface area contributed by atoms with Crippen molar-refractivity contribution < 1.29 is 4.79 Å². The maximum absolute atomic E-state index is 12.1. The summed E-state index contributed by atoms with van der Waals surface area (Å²) in [4.78, 5) is 14.7. The third-order valence-electron chi connectivity index (χ3n) is 6.57. The first-order chi connectivity index (χ1) is 13.7. The van der Waals surface area contributed by atoms with Crippen molar-refractivity contribution in [1.29, 1.82) is 0 Å². The van der Waals surface area contributed by atoms with E-state index in [0.29, 0.717) is 18.0 Å². The molecule has 28 heavy (non-hydrogen) atoms. The van der Waals surface area contributed by atoms with Gasteiger partial charge in [0.25, 0.3) is 5.91 Å². The predicted octanol–water partition coefficient (Wildman–Crippen LogP) is 2.92. The zero-order chi connectivity index (χ0) is 19.3. The highest BCUT2D eigenvalue weighted by Crippen LogP contribution is 2.45. The van der Waals surface area contributed by atoms with Crippen LogP contribution in [0.15, 0.2) is 12.1 Å². The van der Waals surface area contributed by atoms with Crippen LogP contribution in [0, 0.1) is 0 Å². The quantitative estimate of drug-likeness (QED) is 0.834. The molecule has 5 rings (SSSR count).